The Bertz CT molecular complexity index is 404. The highest BCUT2D eigenvalue weighted by atomic mass is 16.5. The van der Waals surface area contributed by atoms with Crippen LogP contribution >= 0.6 is 0 Å². The predicted molar refractivity (Wildman–Crippen MR) is 64.7 cm³/mol. The molecule has 3 heteroatoms. The lowest BCUT2D eigenvalue weighted by atomic mass is 10.1. The summed E-state index contributed by atoms with van der Waals surface area (Å²) in [5, 5.41) is 0. The summed E-state index contributed by atoms with van der Waals surface area (Å²) in [6.07, 6.45) is 0.833. The van der Waals surface area contributed by atoms with Gasteiger partial charge in [0, 0.05) is 0 Å². The van der Waals surface area contributed by atoms with Gasteiger partial charge in [0.25, 0.3) is 0 Å². The molecule has 0 aromatic heterocycles. The highest BCUT2D eigenvalue weighted by Gasteiger charge is 2.02. The van der Waals surface area contributed by atoms with Gasteiger partial charge in [-0.05, 0) is 24.6 Å². The molecule has 0 spiro atoms. The Balaban J connectivity index is 3.02. The predicted octanol–water partition coefficient (Wildman–Crippen LogP) is 1.79. The Morgan fingerprint density at radius 3 is 2.62 bits per heavy atom. The number of benzene rings is 1. The second kappa shape index (κ2) is 6.04. The van der Waals surface area contributed by atoms with Gasteiger partial charge in [0.1, 0.15) is 11.5 Å². The fourth-order valence-electron chi connectivity index (χ4n) is 1.18. The third-order valence-corrected chi connectivity index (χ3v) is 2.24. The SMILES string of the molecule is CCC(N)C#Cc1cc(OC)ccc1OC. The fourth-order valence-corrected chi connectivity index (χ4v) is 1.18. The summed E-state index contributed by atoms with van der Waals surface area (Å²) in [6, 6.07) is 5.41. The summed E-state index contributed by atoms with van der Waals surface area (Å²) in [6.45, 7) is 2.00. The highest BCUT2D eigenvalue weighted by Crippen LogP contribution is 2.22. The normalized spacial score (nSPS) is 11.2. The van der Waals surface area contributed by atoms with Crippen molar-refractivity contribution < 1.29 is 9.47 Å². The van der Waals surface area contributed by atoms with E-state index in [0.29, 0.717) is 0 Å². The Kier molecular flexibility index (Phi) is 4.68. The van der Waals surface area contributed by atoms with Crippen molar-refractivity contribution in [1.82, 2.24) is 0 Å². The van der Waals surface area contributed by atoms with Gasteiger partial charge in [-0.2, -0.15) is 0 Å². The molecule has 1 aromatic carbocycles. The number of hydrogen-bond acceptors (Lipinski definition) is 3. The molecular weight excluding hydrogens is 202 g/mol. The molecular formula is C13H17NO2. The molecule has 86 valence electrons. The molecule has 3 nitrogen and oxygen atoms in total. The standard InChI is InChI=1S/C13H17NO2/c1-4-11(14)6-5-10-9-12(15-2)7-8-13(10)16-3/h7-9,11H,4,14H2,1-3H3. The molecule has 1 aromatic rings. The molecule has 0 fully saturated rings. The van der Waals surface area contributed by atoms with Crippen molar-refractivity contribution in [2.45, 2.75) is 19.4 Å². The summed E-state index contributed by atoms with van der Waals surface area (Å²) < 4.78 is 10.3. The van der Waals surface area contributed by atoms with E-state index in [0.717, 1.165) is 23.5 Å². The van der Waals surface area contributed by atoms with Crippen molar-refractivity contribution in [3.05, 3.63) is 23.8 Å². The largest absolute Gasteiger partial charge is 0.497 e. The molecule has 16 heavy (non-hydrogen) atoms. The second-order valence-electron chi connectivity index (χ2n) is 3.35. The van der Waals surface area contributed by atoms with E-state index in [1.165, 1.54) is 0 Å². The molecule has 0 aliphatic heterocycles. The van der Waals surface area contributed by atoms with E-state index in [9.17, 15) is 0 Å². The lowest BCUT2D eigenvalue weighted by molar-refractivity contribution is 0.402. The fraction of sp³-hybridized carbons (Fsp3) is 0.385. The average Bonchev–Trinajstić information content (AvgIpc) is 2.35. The maximum atomic E-state index is 5.74. The van der Waals surface area contributed by atoms with Crippen molar-refractivity contribution in [3.63, 3.8) is 0 Å². The Labute approximate surface area is 96.6 Å². The van der Waals surface area contributed by atoms with Crippen molar-refractivity contribution in [2.24, 2.45) is 5.73 Å². The summed E-state index contributed by atoms with van der Waals surface area (Å²) in [5.74, 6) is 7.47. The molecule has 0 heterocycles. The molecule has 0 amide bonds. The maximum Gasteiger partial charge on any atom is 0.134 e. The molecule has 0 aliphatic carbocycles. The Morgan fingerprint density at radius 2 is 2.06 bits per heavy atom. The van der Waals surface area contributed by atoms with Gasteiger partial charge in [-0.3, -0.25) is 0 Å². The van der Waals surface area contributed by atoms with E-state index in [2.05, 4.69) is 11.8 Å². The van der Waals surface area contributed by atoms with E-state index in [-0.39, 0.29) is 6.04 Å². The summed E-state index contributed by atoms with van der Waals surface area (Å²) in [4.78, 5) is 0. The molecule has 1 rings (SSSR count). The van der Waals surface area contributed by atoms with E-state index >= 15 is 0 Å². The van der Waals surface area contributed by atoms with Gasteiger partial charge < -0.3 is 15.2 Å². The van der Waals surface area contributed by atoms with E-state index < -0.39 is 0 Å². The third-order valence-electron chi connectivity index (χ3n) is 2.24. The first-order valence-electron chi connectivity index (χ1n) is 5.20. The van der Waals surface area contributed by atoms with Crippen LogP contribution in [0.3, 0.4) is 0 Å². The lowest BCUT2D eigenvalue weighted by Gasteiger charge is -2.05. The van der Waals surface area contributed by atoms with Gasteiger partial charge in [-0.1, -0.05) is 18.8 Å². The number of hydrogen-bond donors (Lipinski definition) is 1. The first-order valence-corrected chi connectivity index (χ1v) is 5.20. The van der Waals surface area contributed by atoms with Crippen LogP contribution in [0.25, 0.3) is 0 Å². The smallest absolute Gasteiger partial charge is 0.134 e. The van der Waals surface area contributed by atoms with Gasteiger partial charge in [-0.25, -0.2) is 0 Å². The molecule has 1 atom stereocenters. The van der Waals surface area contributed by atoms with Crippen LogP contribution in [-0.4, -0.2) is 20.3 Å². The minimum absolute atomic E-state index is 0.101. The van der Waals surface area contributed by atoms with E-state index in [1.54, 1.807) is 14.2 Å². The van der Waals surface area contributed by atoms with Gasteiger partial charge in [0.05, 0.1) is 25.8 Å². The zero-order valence-electron chi connectivity index (χ0n) is 9.91. The first kappa shape index (κ1) is 12.4. The molecule has 0 bridgehead atoms. The van der Waals surface area contributed by atoms with E-state index in [1.807, 2.05) is 25.1 Å². The zero-order chi connectivity index (χ0) is 12.0. The van der Waals surface area contributed by atoms with Gasteiger partial charge in [0.2, 0.25) is 0 Å². The van der Waals surface area contributed by atoms with Crippen LogP contribution in [0.5, 0.6) is 11.5 Å². The van der Waals surface area contributed by atoms with Crippen LogP contribution in [0.15, 0.2) is 18.2 Å². The number of ether oxygens (including phenoxy) is 2. The molecule has 1 unspecified atom stereocenters. The molecule has 0 aliphatic rings. The monoisotopic (exact) mass is 219 g/mol. The van der Waals surface area contributed by atoms with Crippen LogP contribution < -0.4 is 15.2 Å². The summed E-state index contributed by atoms with van der Waals surface area (Å²) >= 11 is 0. The van der Waals surface area contributed by atoms with Gasteiger partial charge >= 0.3 is 0 Å². The van der Waals surface area contributed by atoms with Crippen LogP contribution in [0.2, 0.25) is 0 Å². The zero-order valence-corrected chi connectivity index (χ0v) is 9.91. The first-order chi connectivity index (χ1) is 7.71. The molecule has 0 saturated carbocycles. The summed E-state index contributed by atoms with van der Waals surface area (Å²) in [5.41, 5.74) is 6.53. The number of methoxy groups -OCH3 is 2. The van der Waals surface area contributed by atoms with Gasteiger partial charge in [0.15, 0.2) is 0 Å². The van der Waals surface area contributed by atoms with Crippen LogP contribution in [0.4, 0.5) is 0 Å². The lowest BCUT2D eigenvalue weighted by Crippen LogP contribution is -2.15. The maximum absolute atomic E-state index is 5.74. The average molecular weight is 219 g/mol. The van der Waals surface area contributed by atoms with Crippen molar-refractivity contribution in [1.29, 1.82) is 0 Å². The quantitative estimate of drug-likeness (QED) is 0.788. The minimum Gasteiger partial charge on any atom is -0.497 e. The molecule has 2 N–H and O–H groups in total. The van der Waals surface area contributed by atoms with E-state index in [4.69, 9.17) is 15.2 Å². The van der Waals surface area contributed by atoms with Crippen molar-refractivity contribution in [2.75, 3.05) is 14.2 Å². The van der Waals surface area contributed by atoms with Crippen LogP contribution in [-0.2, 0) is 0 Å². The second-order valence-corrected chi connectivity index (χ2v) is 3.35. The Hall–Kier alpha value is -1.66. The third kappa shape index (κ3) is 3.18. The number of rotatable bonds is 3. The van der Waals surface area contributed by atoms with Crippen molar-refractivity contribution in [3.8, 4) is 23.3 Å². The van der Waals surface area contributed by atoms with Gasteiger partial charge in [-0.15, -0.1) is 0 Å². The van der Waals surface area contributed by atoms with Crippen LogP contribution in [0, 0.1) is 11.8 Å². The van der Waals surface area contributed by atoms with Crippen molar-refractivity contribution >= 4 is 0 Å². The topological polar surface area (TPSA) is 44.5 Å². The molecule has 0 radical (unpaired) electrons. The van der Waals surface area contributed by atoms with Crippen LogP contribution in [0.1, 0.15) is 18.9 Å². The highest BCUT2D eigenvalue weighted by molar-refractivity contribution is 5.50. The summed E-state index contributed by atoms with van der Waals surface area (Å²) in [7, 11) is 3.24. The minimum atomic E-state index is -0.101. The number of nitrogens with two attached hydrogens (primary N) is 1. The molecule has 0 saturated heterocycles. The Morgan fingerprint density at radius 1 is 1.31 bits per heavy atom.